The van der Waals surface area contributed by atoms with Crippen LogP contribution in [-0.2, 0) is 0 Å². The van der Waals surface area contributed by atoms with Crippen molar-refractivity contribution in [1.82, 2.24) is 10.1 Å². The molecule has 0 aliphatic rings. The molecule has 150 valence electrons. The lowest BCUT2D eigenvalue weighted by atomic mass is 10.1. The van der Waals surface area contributed by atoms with Gasteiger partial charge in [0.2, 0.25) is 11.9 Å². The van der Waals surface area contributed by atoms with Gasteiger partial charge in [-0.15, -0.1) is 0 Å². The Morgan fingerprint density at radius 2 is 1.80 bits per heavy atom. The molecule has 0 N–H and O–H groups in total. The lowest BCUT2D eigenvalue weighted by Gasteiger charge is -2.17. The van der Waals surface area contributed by atoms with Gasteiger partial charge < -0.3 is 9.26 Å². The number of carbonyl (C=O) groups is 1. The van der Waals surface area contributed by atoms with E-state index < -0.39 is 6.10 Å². The van der Waals surface area contributed by atoms with E-state index in [1.807, 2.05) is 50.2 Å². The third-order valence-corrected chi connectivity index (χ3v) is 5.09. The minimum atomic E-state index is -0.624. The van der Waals surface area contributed by atoms with Gasteiger partial charge in [-0.3, -0.25) is 4.79 Å². The Balaban J connectivity index is 1.71. The van der Waals surface area contributed by atoms with Crippen LogP contribution in [0.25, 0.3) is 11.4 Å². The molecule has 1 atom stereocenters. The molecular weight excluding hydrogens is 400 g/mol. The predicted molar refractivity (Wildman–Crippen MR) is 115 cm³/mol. The molecule has 0 bridgehead atoms. The van der Waals surface area contributed by atoms with Gasteiger partial charge in [0, 0.05) is 21.7 Å². The fraction of sp³-hybridized carbons (Fsp3) is 0.125. The molecule has 0 radical (unpaired) electrons. The number of aldehydes is 1. The molecule has 0 fully saturated rings. The predicted octanol–water partition coefficient (Wildman–Crippen LogP) is 5.99. The number of nitrogens with zero attached hydrogens (tertiary/aromatic N) is 2. The molecule has 1 aromatic heterocycles. The maximum Gasteiger partial charge on any atom is 0.272 e. The molecule has 0 saturated carbocycles. The average Bonchev–Trinajstić information content (AvgIpc) is 3.24. The monoisotopic (exact) mass is 418 g/mol. The second-order valence-electron chi connectivity index (χ2n) is 7.00. The topological polar surface area (TPSA) is 65.2 Å². The number of benzene rings is 3. The SMILES string of the molecule is Cc1ccc(OC(c2cccc(Cl)c2)c2nc(-c3ccc(C=O)cc3)no2)cc1C. The van der Waals surface area contributed by atoms with Crippen molar-refractivity contribution in [3.8, 4) is 17.1 Å². The van der Waals surface area contributed by atoms with E-state index in [-0.39, 0.29) is 0 Å². The summed E-state index contributed by atoms with van der Waals surface area (Å²) in [4.78, 5) is 15.4. The van der Waals surface area contributed by atoms with Crippen LogP contribution in [0.1, 0.15) is 39.0 Å². The van der Waals surface area contributed by atoms with Gasteiger partial charge in [-0.05, 0) is 49.2 Å². The Kier molecular flexibility index (Phi) is 5.63. The minimum absolute atomic E-state index is 0.310. The van der Waals surface area contributed by atoms with Crippen LogP contribution in [0.3, 0.4) is 0 Å². The maximum atomic E-state index is 10.9. The molecular formula is C24H19ClN2O3. The smallest absolute Gasteiger partial charge is 0.272 e. The first-order valence-electron chi connectivity index (χ1n) is 9.42. The zero-order valence-electron chi connectivity index (χ0n) is 16.5. The second kappa shape index (κ2) is 8.51. The molecule has 6 heteroatoms. The Bertz CT molecular complexity index is 1190. The third kappa shape index (κ3) is 4.26. The van der Waals surface area contributed by atoms with Crippen molar-refractivity contribution in [1.29, 1.82) is 0 Å². The average molecular weight is 419 g/mol. The fourth-order valence-electron chi connectivity index (χ4n) is 3.02. The van der Waals surface area contributed by atoms with Crippen LogP contribution in [0, 0.1) is 13.8 Å². The lowest BCUT2D eigenvalue weighted by Crippen LogP contribution is -2.10. The van der Waals surface area contributed by atoms with Gasteiger partial charge in [-0.1, -0.05) is 59.2 Å². The van der Waals surface area contributed by atoms with Gasteiger partial charge in [-0.2, -0.15) is 4.98 Å². The number of rotatable bonds is 6. The molecule has 0 spiro atoms. The van der Waals surface area contributed by atoms with Gasteiger partial charge in [0.05, 0.1) is 0 Å². The van der Waals surface area contributed by atoms with Crippen LogP contribution >= 0.6 is 11.6 Å². The fourth-order valence-corrected chi connectivity index (χ4v) is 3.22. The normalized spacial score (nSPS) is 11.8. The van der Waals surface area contributed by atoms with Crippen molar-refractivity contribution in [3.05, 3.63) is 99.9 Å². The first-order valence-corrected chi connectivity index (χ1v) is 9.80. The Hall–Kier alpha value is -3.44. The number of halogens is 1. The van der Waals surface area contributed by atoms with Crippen molar-refractivity contribution in [2.75, 3.05) is 0 Å². The van der Waals surface area contributed by atoms with Crippen molar-refractivity contribution >= 4 is 17.9 Å². The molecule has 4 aromatic rings. The number of aryl methyl sites for hydroxylation is 2. The van der Waals surface area contributed by atoms with Crippen molar-refractivity contribution in [2.45, 2.75) is 20.0 Å². The molecule has 1 heterocycles. The van der Waals surface area contributed by atoms with E-state index in [1.54, 1.807) is 30.3 Å². The zero-order chi connectivity index (χ0) is 21.1. The van der Waals surface area contributed by atoms with Crippen molar-refractivity contribution < 1.29 is 14.1 Å². The summed E-state index contributed by atoms with van der Waals surface area (Å²) in [5, 5.41) is 4.68. The Labute approximate surface area is 179 Å². The molecule has 5 nitrogen and oxygen atoms in total. The quantitative estimate of drug-likeness (QED) is 0.360. The van der Waals surface area contributed by atoms with E-state index in [2.05, 4.69) is 10.1 Å². The van der Waals surface area contributed by atoms with E-state index in [1.165, 1.54) is 5.56 Å². The molecule has 0 aliphatic heterocycles. The number of ether oxygens (including phenoxy) is 1. The molecule has 0 aliphatic carbocycles. The van der Waals surface area contributed by atoms with E-state index >= 15 is 0 Å². The van der Waals surface area contributed by atoms with E-state index in [0.717, 1.165) is 23.0 Å². The maximum absolute atomic E-state index is 10.9. The third-order valence-electron chi connectivity index (χ3n) is 4.85. The summed E-state index contributed by atoms with van der Waals surface area (Å²) in [7, 11) is 0. The van der Waals surface area contributed by atoms with Crippen LogP contribution < -0.4 is 4.74 Å². The highest BCUT2D eigenvalue weighted by Crippen LogP contribution is 2.31. The van der Waals surface area contributed by atoms with E-state index in [4.69, 9.17) is 20.9 Å². The zero-order valence-corrected chi connectivity index (χ0v) is 17.3. The van der Waals surface area contributed by atoms with E-state index in [9.17, 15) is 4.79 Å². The Morgan fingerprint density at radius 3 is 2.50 bits per heavy atom. The van der Waals surface area contributed by atoms with Crippen LogP contribution in [0.15, 0.2) is 71.3 Å². The van der Waals surface area contributed by atoms with Gasteiger partial charge in [0.15, 0.2) is 0 Å². The molecule has 0 saturated heterocycles. The largest absolute Gasteiger partial charge is 0.476 e. The van der Waals surface area contributed by atoms with Crippen LogP contribution in [-0.4, -0.2) is 16.4 Å². The van der Waals surface area contributed by atoms with Crippen molar-refractivity contribution in [2.24, 2.45) is 0 Å². The summed E-state index contributed by atoms with van der Waals surface area (Å²) >= 11 is 6.20. The highest BCUT2D eigenvalue weighted by Gasteiger charge is 2.24. The Morgan fingerprint density at radius 1 is 1.00 bits per heavy atom. The summed E-state index contributed by atoms with van der Waals surface area (Å²) in [5.74, 6) is 1.42. The summed E-state index contributed by atoms with van der Waals surface area (Å²) < 4.78 is 11.8. The standard InChI is InChI=1S/C24H19ClN2O3/c1-15-6-11-21(12-16(15)2)29-22(19-4-3-5-20(25)13-19)24-26-23(27-30-24)18-9-7-17(14-28)8-10-18/h3-14,22H,1-2H3. The molecule has 0 amide bonds. The number of aromatic nitrogens is 2. The van der Waals surface area contributed by atoms with Gasteiger partial charge in [-0.25, -0.2) is 0 Å². The van der Waals surface area contributed by atoms with Crippen LogP contribution in [0.5, 0.6) is 5.75 Å². The number of carbonyl (C=O) groups excluding carboxylic acids is 1. The summed E-state index contributed by atoms with van der Waals surface area (Å²) in [6.45, 7) is 4.08. The van der Waals surface area contributed by atoms with Crippen LogP contribution in [0.4, 0.5) is 0 Å². The molecule has 4 rings (SSSR count). The summed E-state index contributed by atoms with van der Waals surface area (Å²) in [6.07, 6.45) is 0.166. The first-order chi connectivity index (χ1) is 14.5. The molecule has 3 aromatic carbocycles. The van der Waals surface area contributed by atoms with E-state index in [0.29, 0.717) is 28.1 Å². The minimum Gasteiger partial charge on any atom is -0.476 e. The second-order valence-corrected chi connectivity index (χ2v) is 7.43. The van der Waals surface area contributed by atoms with Gasteiger partial charge in [0.1, 0.15) is 12.0 Å². The molecule has 1 unspecified atom stereocenters. The first kappa shape index (κ1) is 19.9. The van der Waals surface area contributed by atoms with Gasteiger partial charge in [0.25, 0.3) is 5.89 Å². The molecule has 30 heavy (non-hydrogen) atoms. The number of hydrogen-bond donors (Lipinski definition) is 0. The summed E-state index contributed by atoms with van der Waals surface area (Å²) in [5.41, 5.74) is 4.43. The number of hydrogen-bond acceptors (Lipinski definition) is 5. The highest BCUT2D eigenvalue weighted by molar-refractivity contribution is 6.30. The summed E-state index contributed by atoms with van der Waals surface area (Å²) in [6, 6.07) is 20.2. The van der Waals surface area contributed by atoms with Crippen molar-refractivity contribution in [3.63, 3.8) is 0 Å². The lowest BCUT2D eigenvalue weighted by molar-refractivity contribution is 0.112. The highest BCUT2D eigenvalue weighted by atomic mass is 35.5. The van der Waals surface area contributed by atoms with Crippen LogP contribution in [0.2, 0.25) is 5.02 Å². The van der Waals surface area contributed by atoms with Gasteiger partial charge >= 0.3 is 0 Å².